The first-order valence-corrected chi connectivity index (χ1v) is 9.20. The predicted molar refractivity (Wildman–Crippen MR) is 92.9 cm³/mol. The van der Waals surface area contributed by atoms with Crippen LogP contribution in [0.1, 0.15) is 66.3 Å². The lowest BCUT2D eigenvalue weighted by Gasteiger charge is -2.30. The van der Waals surface area contributed by atoms with Crippen molar-refractivity contribution in [2.45, 2.75) is 45.4 Å². The number of amides is 2. The van der Waals surface area contributed by atoms with Crippen LogP contribution in [0.3, 0.4) is 0 Å². The maximum absolute atomic E-state index is 12.7. The van der Waals surface area contributed by atoms with Crippen molar-refractivity contribution in [3.63, 3.8) is 0 Å². The molecule has 2 fully saturated rings. The van der Waals surface area contributed by atoms with Gasteiger partial charge in [0.05, 0.1) is 0 Å². The second kappa shape index (κ2) is 7.77. The zero-order valence-corrected chi connectivity index (χ0v) is 14.5. The van der Waals surface area contributed by atoms with Crippen LogP contribution in [0.15, 0.2) is 18.3 Å². The Morgan fingerprint density at radius 1 is 0.958 bits per heavy atom. The van der Waals surface area contributed by atoms with Crippen LogP contribution in [0, 0.1) is 5.92 Å². The van der Waals surface area contributed by atoms with Gasteiger partial charge < -0.3 is 9.80 Å². The number of likely N-dealkylation sites (tertiary alicyclic amines) is 2. The molecule has 0 unspecified atom stereocenters. The van der Waals surface area contributed by atoms with Crippen molar-refractivity contribution in [1.82, 2.24) is 14.8 Å². The number of carbonyl (C=O) groups excluding carboxylic acids is 2. The van der Waals surface area contributed by atoms with Gasteiger partial charge in [-0.3, -0.25) is 14.6 Å². The summed E-state index contributed by atoms with van der Waals surface area (Å²) in [4.78, 5) is 33.4. The van der Waals surface area contributed by atoms with E-state index in [0.29, 0.717) is 17.2 Å². The first-order valence-electron chi connectivity index (χ1n) is 9.20. The number of aromatic nitrogens is 1. The van der Waals surface area contributed by atoms with Crippen molar-refractivity contribution in [2.75, 3.05) is 26.2 Å². The molecule has 5 nitrogen and oxygen atoms in total. The Bertz CT molecular complexity index is 586. The summed E-state index contributed by atoms with van der Waals surface area (Å²) in [6, 6.07) is 3.40. The number of carbonyl (C=O) groups is 2. The maximum Gasteiger partial charge on any atom is 0.272 e. The fraction of sp³-hybridized carbons (Fsp3) is 0.632. The van der Waals surface area contributed by atoms with Crippen molar-refractivity contribution >= 4 is 11.8 Å². The summed E-state index contributed by atoms with van der Waals surface area (Å²) in [6.07, 6.45) is 8.18. The van der Waals surface area contributed by atoms with Crippen LogP contribution in [-0.2, 0) is 0 Å². The number of nitrogens with zero attached hydrogens (tertiary/aromatic N) is 3. The van der Waals surface area contributed by atoms with E-state index in [0.717, 1.165) is 51.9 Å². The van der Waals surface area contributed by atoms with E-state index in [2.05, 4.69) is 11.9 Å². The second-order valence-corrected chi connectivity index (χ2v) is 7.11. The van der Waals surface area contributed by atoms with E-state index in [1.54, 1.807) is 18.3 Å². The van der Waals surface area contributed by atoms with Crippen molar-refractivity contribution in [3.8, 4) is 0 Å². The molecule has 0 bridgehead atoms. The normalized spacial score (nSPS) is 19.9. The Kier molecular flexibility index (Phi) is 5.48. The molecule has 0 atom stereocenters. The number of hydrogen-bond acceptors (Lipinski definition) is 3. The van der Waals surface area contributed by atoms with Gasteiger partial charge >= 0.3 is 0 Å². The van der Waals surface area contributed by atoms with Gasteiger partial charge in [-0.2, -0.15) is 0 Å². The lowest BCUT2D eigenvalue weighted by atomic mass is 9.99. The summed E-state index contributed by atoms with van der Waals surface area (Å²) < 4.78 is 0. The molecule has 2 saturated heterocycles. The van der Waals surface area contributed by atoms with Crippen LogP contribution in [0.5, 0.6) is 0 Å². The predicted octanol–water partition coefficient (Wildman–Crippen LogP) is 2.97. The van der Waals surface area contributed by atoms with Crippen LogP contribution >= 0.6 is 0 Å². The van der Waals surface area contributed by atoms with Crippen LogP contribution < -0.4 is 0 Å². The molecule has 5 heteroatoms. The third kappa shape index (κ3) is 3.94. The molecule has 0 N–H and O–H groups in total. The molecule has 2 amide bonds. The molecule has 3 rings (SSSR count). The Labute approximate surface area is 144 Å². The van der Waals surface area contributed by atoms with Gasteiger partial charge in [0.1, 0.15) is 5.69 Å². The van der Waals surface area contributed by atoms with Gasteiger partial charge in [0.2, 0.25) is 0 Å². The van der Waals surface area contributed by atoms with Gasteiger partial charge in [-0.05, 0) is 43.7 Å². The van der Waals surface area contributed by atoms with Gasteiger partial charge in [0.25, 0.3) is 11.8 Å². The Balaban J connectivity index is 1.71. The Morgan fingerprint density at radius 3 is 2.25 bits per heavy atom. The van der Waals surface area contributed by atoms with E-state index in [9.17, 15) is 9.59 Å². The highest BCUT2D eigenvalue weighted by Crippen LogP contribution is 2.19. The molecule has 0 saturated carbocycles. The molecule has 1 aromatic rings. The number of hydrogen-bond donors (Lipinski definition) is 0. The van der Waals surface area contributed by atoms with Crippen molar-refractivity contribution in [1.29, 1.82) is 0 Å². The molecule has 3 heterocycles. The zero-order valence-electron chi connectivity index (χ0n) is 14.5. The van der Waals surface area contributed by atoms with E-state index < -0.39 is 0 Å². The first kappa shape index (κ1) is 16.9. The Morgan fingerprint density at radius 2 is 1.58 bits per heavy atom. The monoisotopic (exact) mass is 329 g/mol. The van der Waals surface area contributed by atoms with Gasteiger partial charge in [-0.1, -0.05) is 19.8 Å². The summed E-state index contributed by atoms with van der Waals surface area (Å²) in [6.45, 7) is 5.42. The molecule has 0 aliphatic carbocycles. The summed E-state index contributed by atoms with van der Waals surface area (Å²) >= 11 is 0. The quantitative estimate of drug-likeness (QED) is 0.838. The molecule has 1 aromatic heterocycles. The molecule has 2 aliphatic heterocycles. The van der Waals surface area contributed by atoms with Crippen molar-refractivity contribution in [2.24, 2.45) is 5.92 Å². The molecule has 130 valence electrons. The van der Waals surface area contributed by atoms with E-state index in [1.807, 2.05) is 9.80 Å². The highest BCUT2D eigenvalue weighted by Gasteiger charge is 2.24. The molecular weight excluding hydrogens is 302 g/mol. The number of pyridine rings is 1. The second-order valence-electron chi connectivity index (χ2n) is 7.11. The zero-order chi connectivity index (χ0) is 16.9. The molecule has 24 heavy (non-hydrogen) atoms. The summed E-state index contributed by atoms with van der Waals surface area (Å²) in [5.74, 6) is 0.658. The highest BCUT2D eigenvalue weighted by molar-refractivity contribution is 5.98. The van der Waals surface area contributed by atoms with Crippen LogP contribution in [0.2, 0.25) is 0 Å². The minimum atomic E-state index is -0.0487. The van der Waals surface area contributed by atoms with Crippen molar-refractivity contribution in [3.05, 3.63) is 29.6 Å². The highest BCUT2D eigenvalue weighted by atomic mass is 16.2. The van der Waals surface area contributed by atoms with Gasteiger partial charge in [0, 0.05) is 37.9 Å². The van der Waals surface area contributed by atoms with E-state index in [1.165, 1.54) is 12.8 Å². The third-order valence-corrected chi connectivity index (χ3v) is 5.19. The average Bonchev–Trinajstić information content (AvgIpc) is 2.90. The third-order valence-electron chi connectivity index (χ3n) is 5.19. The summed E-state index contributed by atoms with van der Waals surface area (Å²) in [7, 11) is 0. The largest absolute Gasteiger partial charge is 0.339 e. The molecule has 2 aliphatic rings. The van der Waals surface area contributed by atoms with E-state index in [-0.39, 0.29) is 11.8 Å². The molecule has 0 spiro atoms. The number of piperidine rings is 1. The van der Waals surface area contributed by atoms with Gasteiger partial charge in [-0.15, -0.1) is 0 Å². The minimum Gasteiger partial charge on any atom is -0.339 e. The topological polar surface area (TPSA) is 53.5 Å². The lowest BCUT2D eigenvalue weighted by Crippen LogP contribution is -2.38. The van der Waals surface area contributed by atoms with Crippen LogP contribution in [0.4, 0.5) is 0 Å². The summed E-state index contributed by atoms with van der Waals surface area (Å²) in [5.41, 5.74) is 0.978. The fourth-order valence-corrected chi connectivity index (χ4v) is 3.51. The van der Waals surface area contributed by atoms with Crippen LogP contribution in [-0.4, -0.2) is 52.8 Å². The van der Waals surface area contributed by atoms with Crippen molar-refractivity contribution < 1.29 is 9.59 Å². The van der Waals surface area contributed by atoms with Gasteiger partial charge in [-0.25, -0.2) is 0 Å². The average molecular weight is 329 g/mol. The van der Waals surface area contributed by atoms with Crippen LogP contribution in [0.25, 0.3) is 0 Å². The van der Waals surface area contributed by atoms with Gasteiger partial charge in [0.15, 0.2) is 0 Å². The molecule has 0 aromatic carbocycles. The standard InChI is InChI=1S/C19H27N3O2/c1-15-7-12-22(13-8-15)19(24)17-14-16(6-9-20-17)18(23)21-10-4-2-3-5-11-21/h6,9,14-15H,2-5,7-8,10-13H2,1H3. The lowest BCUT2D eigenvalue weighted by molar-refractivity contribution is 0.0691. The number of rotatable bonds is 2. The molecular formula is C19H27N3O2. The fourth-order valence-electron chi connectivity index (χ4n) is 3.51. The van der Waals surface area contributed by atoms with E-state index >= 15 is 0 Å². The maximum atomic E-state index is 12.7. The smallest absolute Gasteiger partial charge is 0.272 e. The SMILES string of the molecule is CC1CCN(C(=O)c2cc(C(=O)N3CCCCCC3)ccn2)CC1. The summed E-state index contributed by atoms with van der Waals surface area (Å²) in [5, 5.41) is 0. The first-order chi connectivity index (χ1) is 11.6. The Hall–Kier alpha value is -1.91. The van der Waals surface area contributed by atoms with E-state index in [4.69, 9.17) is 0 Å². The molecule has 0 radical (unpaired) electrons. The minimum absolute atomic E-state index is 0.0283.